The van der Waals surface area contributed by atoms with Gasteiger partial charge in [-0.05, 0) is 35.7 Å². The summed E-state index contributed by atoms with van der Waals surface area (Å²) in [7, 11) is 0. The minimum absolute atomic E-state index is 0. The minimum Gasteiger partial charge on any atom is -0.457 e. The molecule has 0 saturated carbocycles. The van der Waals surface area contributed by atoms with Crippen LogP contribution in [0.5, 0.6) is 11.5 Å². The molecule has 0 fully saturated rings. The first kappa shape index (κ1) is 20.6. The fourth-order valence-corrected chi connectivity index (χ4v) is 2.92. The maximum Gasteiger partial charge on any atom is 0.193 e. The Morgan fingerprint density at radius 2 is 1.66 bits per heavy atom. The van der Waals surface area contributed by atoms with Crippen LogP contribution in [0.1, 0.15) is 5.69 Å². The number of fused-ring (bicyclic) bond motifs is 1. The summed E-state index contributed by atoms with van der Waals surface area (Å²) < 4.78 is 5.85. The van der Waals surface area contributed by atoms with E-state index in [2.05, 4.69) is 21.4 Å². The normalized spacial score (nSPS) is 11.0. The first-order chi connectivity index (χ1) is 13.8. The third-order valence-electron chi connectivity index (χ3n) is 4.24. The molecule has 0 aliphatic carbocycles. The lowest BCUT2D eigenvalue weighted by atomic mass is 10.1. The van der Waals surface area contributed by atoms with Crippen LogP contribution in [-0.4, -0.2) is 10.9 Å². The summed E-state index contributed by atoms with van der Waals surface area (Å²) in [4.78, 5) is 8.87. The van der Waals surface area contributed by atoms with Crippen molar-refractivity contribution in [3.63, 3.8) is 0 Å². The number of guanidine groups is 1. The quantitative estimate of drug-likeness (QED) is 0.215. The Labute approximate surface area is 186 Å². The molecule has 4 rings (SSSR count). The number of para-hydroxylation sites is 1. The van der Waals surface area contributed by atoms with E-state index in [1.54, 1.807) is 6.20 Å². The van der Waals surface area contributed by atoms with Crippen molar-refractivity contribution in [3.05, 3.63) is 96.8 Å². The Morgan fingerprint density at radius 3 is 2.52 bits per heavy atom. The van der Waals surface area contributed by atoms with E-state index in [4.69, 9.17) is 10.5 Å². The van der Waals surface area contributed by atoms with Gasteiger partial charge >= 0.3 is 0 Å². The third kappa shape index (κ3) is 5.45. The number of nitrogens with zero attached hydrogens (tertiary/aromatic N) is 2. The number of nitrogens with two attached hydrogens (primary N) is 1. The van der Waals surface area contributed by atoms with Crippen molar-refractivity contribution in [2.75, 3.05) is 5.32 Å². The van der Waals surface area contributed by atoms with Crippen molar-refractivity contribution in [1.82, 2.24) is 4.98 Å². The van der Waals surface area contributed by atoms with Crippen LogP contribution >= 0.6 is 24.0 Å². The van der Waals surface area contributed by atoms with Crippen LogP contribution in [0, 0.1) is 0 Å². The summed E-state index contributed by atoms with van der Waals surface area (Å²) in [6.45, 7) is 0.403. The number of benzene rings is 3. The lowest BCUT2D eigenvalue weighted by molar-refractivity contribution is 0.483. The van der Waals surface area contributed by atoms with Crippen LogP contribution in [0.15, 0.2) is 96.1 Å². The minimum atomic E-state index is 0. The molecule has 3 N–H and O–H groups in total. The number of pyridine rings is 1. The standard InChI is InChI=1S/C23H20N4O.HI/c24-23(26-16-22-21-12-5-4-7-17(21)13-14-25-22)27-18-8-6-11-20(15-18)28-19-9-2-1-3-10-19;/h1-15H,16H2,(H3,24,26,27);1H. The van der Waals surface area contributed by atoms with Gasteiger partial charge in [-0.1, -0.05) is 48.5 Å². The number of ether oxygens (including phenoxy) is 1. The summed E-state index contributed by atoms with van der Waals surface area (Å²) in [5, 5.41) is 5.33. The van der Waals surface area contributed by atoms with E-state index in [-0.39, 0.29) is 24.0 Å². The van der Waals surface area contributed by atoms with Gasteiger partial charge in [0.1, 0.15) is 11.5 Å². The van der Waals surface area contributed by atoms with Gasteiger partial charge in [-0.15, -0.1) is 24.0 Å². The van der Waals surface area contributed by atoms with Gasteiger partial charge in [0, 0.05) is 23.3 Å². The molecule has 0 bridgehead atoms. The molecule has 1 aromatic heterocycles. The molecular formula is C23H21IN4O. The van der Waals surface area contributed by atoms with Crippen molar-refractivity contribution in [2.45, 2.75) is 6.54 Å². The number of anilines is 1. The number of hydrogen-bond acceptors (Lipinski definition) is 3. The zero-order valence-corrected chi connectivity index (χ0v) is 18.0. The summed E-state index contributed by atoms with van der Waals surface area (Å²) in [6.07, 6.45) is 1.79. The second kappa shape index (κ2) is 9.88. The Bertz CT molecular complexity index is 1110. The van der Waals surface area contributed by atoms with E-state index in [1.165, 1.54) is 0 Å². The molecule has 0 aliphatic rings. The van der Waals surface area contributed by atoms with Crippen molar-refractivity contribution in [2.24, 2.45) is 10.7 Å². The molecule has 0 amide bonds. The van der Waals surface area contributed by atoms with Gasteiger partial charge in [0.15, 0.2) is 5.96 Å². The molecule has 5 nitrogen and oxygen atoms in total. The highest BCUT2D eigenvalue weighted by molar-refractivity contribution is 14.0. The third-order valence-corrected chi connectivity index (χ3v) is 4.24. The summed E-state index contributed by atoms with van der Waals surface area (Å²) >= 11 is 0. The summed E-state index contributed by atoms with van der Waals surface area (Å²) in [6, 6.07) is 27.3. The average Bonchev–Trinajstić information content (AvgIpc) is 2.73. The SMILES string of the molecule is I.NC(=NCc1nccc2ccccc12)Nc1cccc(Oc2ccccc2)c1. The lowest BCUT2D eigenvalue weighted by Gasteiger charge is -2.09. The molecule has 4 aromatic rings. The van der Waals surface area contributed by atoms with Crippen LogP contribution in [-0.2, 0) is 6.54 Å². The van der Waals surface area contributed by atoms with Crippen LogP contribution < -0.4 is 15.8 Å². The molecule has 29 heavy (non-hydrogen) atoms. The number of halogens is 1. The molecule has 6 heteroatoms. The second-order valence-corrected chi connectivity index (χ2v) is 6.25. The zero-order valence-electron chi connectivity index (χ0n) is 15.7. The van der Waals surface area contributed by atoms with Crippen LogP contribution in [0.3, 0.4) is 0 Å². The fourth-order valence-electron chi connectivity index (χ4n) is 2.92. The van der Waals surface area contributed by atoms with Crippen molar-refractivity contribution < 1.29 is 4.74 Å². The first-order valence-corrected chi connectivity index (χ1v) is 9.00. The van der Waals surface area contributed by atoms with Crippen LogP contribution in [0.25, 0.3) is 10.8 Å². The number of hydrogen-bond donors (Lipinski definition) is 2. The highest BCUT2D eigenvalue weighted by Crippen LogP contribution is 2.23. The molecule has 0 saturated heterocycles. The highest BCUT2D eigenvalue weighted by atomic mass is 127. The van der Waals surface area contributed by atoms with E-state index in [0.29, 0.717) is 12.5 Å². The van der Waals surface area contributed by atoms with Crippen molar-refractivity contribution in [1.29, 1.82) is 0 Å². The molecule has 0 radical (unpaired) electrons. The van der Waals surface area contributed by atoms with Gasteiger partial charge in [0.25, 0.3) is 0 Å². The van der Waals surface area contributed by atoms with E-state index >= 15 is 0 Å². The highest BCUT2D eigenvalue weighted by Gasteiger charge is 2.03. The first-order valence-electron chi connectivity index (χ1n) is 9.00. The smallest absolute Gasteiger partial charge is 0.193 e. The Balaban J connectivity index is 0.00000240. The largest absolute Gasteiger partial charge is 0.457 e. The Hall–Kier alpha value is -3.13. The van der Waals surface area contributed by atoms with Crippen LogP contribution in [0.4, 0.5) is 5.69 Å². The van der Waals surface area contributed by atoms with Crippen LogP contribution in [0.2, 0.25) is 0 Å². The van der Waals surface area contributed by atoms with Gasteiger partial charge in [0.2, 0.25) is 0 Å². The monoisotopic (exact) mass is 496 g/mol. The molecule has 0 atom stereocenters. The van der Waals surface area contributed by atoms with Crippen molar-refractivity contribution >= 4 is 46.4 Å². The molecule has 1 heterocycles. The van der Waals surface area contributed by atoms with Gasteiger partial charge in [-0.2, -0.15) is 0 Å². The zero-order chi connectivity index (χ0) is 19.2. The summed E-state index contributed by atoms with van der Waals surface area (Å²) in [5.41, 5.74) is 7.77. The van der Waals surface area contributed by atoms with E-state index < -0.39 is 0 Å². The molecular weight excluding hydrogens is 475 g/mol. The van der Waals surface area contributed by atoms with E-state index in [1.807, 2.05) is 78.9 Å². The number of nitrogens with one attached hydrogen (secondary N) is 1. The Kier molecular flexibility index (Phi) is 7.02. The number of aliphatic imine (C=N–C) groups is 1. The van der Waals surface area contributed by atoms with Gasteiger partial charge in [-0.25, -0.2) is 4.99 Å². The molecule has 0 aliphatic heterocycles. The predicted molar refractivity (Wildman–Crippen MR) is 129 cm³/mol. The van der Waals surface area contributed by atoms with Gasteiger partial charge < -0.3 is 15.8 Å². The molecule has 0 spiro atoms. The molecule has 146 valence electrons. The molecule has 3 aromatic carbocycles. The summed E-state index contributed by atoms with van der Waals surface area (Å²) in [5.74, 6) is 1.83. The maximum absolute atomic E-state index is 6.07. The van der Waals surface area contributed by atoms with E-state index in [0.717, 1.165) is 33.7 Å². The van der Waals surface area contributed by atoms with Crippen molar-refractivity contribution in [3.8, 4) is 11.5 Å². The Morgan fingerprint density at radius 1 is 0.897 bits per heavy atom. The molecule has 0 unspecified atom stereocenters. The predicted octanol–water partition coefficient (Wildman–Crippen LogP) is 5.57. The second-order valence-electron chi connectivity index (χ2n) is 6.25. The van der Waals surface area contributed by atoms with E-state index in [9.17, 15) is 0 Å². The maximum atomic E-state index is 6.07. The lowest BCUT2D eigenvalue weighted by Crippen LogP contribution is -2.22. The topological polar surface area (TPSA) is 72.5 Å². The average molecular weight is 496 g/mol. The van der Waals surface area contributed by atoms with Gasteiger partial charge in [-0.3, -0.25) is 4.98 Å². The number of aromatic nitrogens is 1. The number of rotatable bonds is 5. The fraction of sp³-hybridized carbons (Fsp3) is 0.0435. The van der Waals surface area contributed by atoms with Gasteiger partial charge in [0.05, 0.1) is 12.2 Å².